The molecular formula is C21H31N3O6. The third-order valence-corrected chi connectivity index (χ3v) is 5.22. The van der Waals surface area contributed by atoms with E-state index in [9.17, 15) is 20.4 Å². The van der Waals surface area contributed by atoms with Crippen molar-refractivity contribution in [3.8, 4) is 0 Å². The molecule has 1 aromatic heterocycles. The van der Waals surface area contributed by atoms with Gasteiger partial charge in [-0.2, -0.15) is 5.10 Å². The lowest BCUT2D eigenvalue weighted by atomic mass is 10.0. The van der Waals surface area contributed by atoms with Crippen LogP contribution in [0.4, 0.5) is 5.69 Å². The van der Waals surface area contributed by atoms with Gasteiger partial charge in [0.2, 0.25) is 0 Å². The highest BCUT2D eigenvalue weighted by molar-refractivity contribution is 5.54. The average molecular weight is 421 g/mol. The molecule has 5 N–H and O–H groups in total. The largest absolute Gasteiger partial charge is 0.394 e. The Labute approximate surface area is 175 Å². The SMILES string of the molecule is OC[C@@H](O)[C@H]1OCCCCOCc2ccccc2N(Cc2cn[nH]c2)C[C@@H](O)[C@H]1O. The zero-order chi connectivity index (χ0) is 21.3. The van der Waals surface area contributed by atoms with Crippen LogP contribution in [0.3, 0.4) is 0 Å². The van der Waals surface area contributed by atoms with Crippen molar-refractivity contribution in [2.75, 3.05) is 31.3 Å². The first kappa shape index (κ1) is 22.7. The van der Waals surface area contributed by atoms with Crippen molar-refractivity contribution in [3.63, 3.8) is 0 Å². The topological polar surface area (TPSA) is 131 Å². The first-order valence-corrected chi connectivity index (χ1v) is 10.2. The highest BCUT2D eigenvalue weighted by Gasteiger charge is 2.34. The second-order valence-corrected chi connectivity index (χ2v) is 7.52. The predicted octanol–water partition coefficient (Wildman–Crippen LogP) is 0.187. The van der Waals surface area contributed by atoms with E-state index in [1.807, 2.05) is 29.2 Å². The number of hydrogen-bond donors (Lipinski definition) is 5. The number of ether oxygens (including phenoxy) is 2. The maximum absolute atomic E-state index is 10.8. The summed E-state index contributed by atoms with van der Waals surface area (Å²) < 4.78 is 11.5. The molecule has 0 saturated heterocycles. The molecule has 9 heteroatoms. The minimum Gasteiger partial charge on any atom is -0.394 e. The molecule has 0 fully saturated rings. The third-order valence-electron chi connectivity index (χ3n) is 5.22. The summed E-state index contributed by atoms with van der Waals surface area (Å²) in [5, 5.41) is 47.8. The molecule has 0 spiro atoms. The molecule has 166 valence electrons. The Morgan fingerprint density at radius 1 is 1.20 bits per heavy atom. The average Bonchev–Trinajstić information content (AvgIpc) is 3.27. The van der Waals surface area contributed by atoms with Crippen molar-refractivity contribution in [1.82, 2.24) is 10.2 Å². The summed E-state index contributed by atoms with van der Waals surface area (Å²) in [7, 11) is 0. The lowest BCUT2D eigenvalue weighted by Gasteiger charge is -2.34. The molecular weight excluding hydrogens is 390 g/mol. The van der Waals surface area contributed by atoms with Gasteiger partial charge in [0.1, 0.15) is 18.3 Å². The number of nitrogens with one attached hydrogen (secondary N) is 1. The lowest BCUT2D eigenvalue weighted by molar-refractivity contribution is -0.141. The molecule has 1 aromatic carbocycles. The normalized spacial score (nSPS) is 25.3. The van der Waals surface area contributed by atoms with Crippen LogP contribution in [0.2, 0.25) is 0 Å². The fourth-order valence-corrected chi connectivity index (χ4v) is 3.58. The molecule has 30 heavy (non-hydrogen) atoms. The molecule has 4 atom stereocenters. The second kappa shape index (κ2) is 11.4. The number of fused-ring (bicyclic) bond motifs is 1. The van der Waals surface area contributed by atoms with Gasteiger partial charge in [-0.15, -0.1) is 0 Å². The van der Waals surface area contributed by atoms with Gasteiger partial charge >= 0.3 is 0 Å². The van der Waals surface area contributed by atoms with Crippen LogP contribution in [0.1, 0.15) is 24.0 Å². The van der Waals surface area contributed by atoms with E-state index in [0.717, 1.165) is 23.2 Å². The third kappa shape index (κ3) is 6.00. The van der Waals surface area contributed by atoms with Gasteiger partial charge in [-0.05, 0) is 18.9 Å². The molecule has 0 unspecified atom stereocenters. The maximum atomic E-state index is 10.8. The number of anilines is 1. The van der Waals surface area contributed by atoms with Crippen LogP contribution in [-0.2, 0) is 22.6 Å². The van der Waals surface area contributed by atoms with E-state index >= 15 is 0 Å². The van der Waals surface area contributed by atoms with Crippen molar-refractivity contribution in [2.45, 2.75) is 50.4 Å². The Balaban J connectivity index is 1.89. The Hall–Kier alpha value is -2.01. The molecule has 0 aliphatic carbocycles. The molecule has 2 heterocycles. The van der Waals surface area contributed by atoms with Gasteiger partial charge in [-0.3, -0.25) is 5.10 Å². The van der Waals surface area contributed by atoms with Crippen LogP contribution in [0.25, 0.3) is 0 Å². The minimum absolute atomic E-state index is 0.0847. The standard InChI is InChI=1S/C21H31N3O6/c25-13-19(27)21-20(28)18(26)12-24(11-15-9-22-23-10-15)17-6-2-1-5-16(17)14-29-7-3-4-8-30-21/h1-2,5-6,9-10,18-21,25-28H,3-4,7-8,11-14H2,(H,22,23)/t18-,19-,20-,21-/m1/s1. The molecule has 2 aromatic rings. The predicted molar refractivity (Wildman–Crippen MR) is 110 cm³/mol. The fourth-order valence-electron chi connectivity index (χ4n) is 3.58. The van der Waals surface area contributed by atoms with E-state index in [-0.39, 0.29) is 13.2 Å². The number of aliphatic hydroxyl groups excluding tert-OH is 4. The second-order valence-electron chi connectivity index (χ2n) is 7.52. The number of para-hydroxylation sites is 1. The van der Waals surface area contributed by atoms with Crippen LogP contribution >= 0.6 is 0 Å². The molecule has 1 aliphatic heterocycles. The zero-order valence-corrected chi connectivity index (χ0v) is 16.9. The van der Waals surface area contributed by atoms with Gasteiger partial charge in [0.15, 0.2) is 0 Å². The molecule has 3 rings (SSSR count). The summed E-state index contributed by atoms with van der Waals surface area (Å²) >= 11 is 0. The van der Waals surface area contributed by atoms with Gasteiger partial charge in [-0.25, -0.2) is 0 Å². The van der Waals surface area contributed by atoms with E-state index in [4.69, 9.17) is 9.47 Å². The summed E-state index contributed by atoms with van der Waals surface area (Å²) in [5.41, 5.74) is 2.77. The van der Waals surface area contributed by atoms with Gasteiger partial charge in [0, 0.05) is 49.3 Å². The number of aromatic amines is 1. The van der Waals surface area contributed by atoms with Gasteiger partial charge in [0.25, 0.3) is 0 Å². The Bertz CT molecular complexity index is 744. The summed E-state index contributed by atoms with van der Waals surface area (Å²) in [6.45, 7) is 1.23. The molecule has 0 radical (unpaired) electrons. The number of H-pyrrole nitrogens is 1. The van der Waals surface area contributed by atoms with Crippen molar-refractivity contribution in [2.24, 2.45) is 0 Å². The lowest BCUT2D eigenvalue weighted by Crippen LogP contribution is -2.51. The van der Waals surface area contributed by atoms with E-state index < -0.39 is 31.0 Å². The number of benzene rings is 1. The first-order chi connectivity index (χ1) is 14.6. The molecule has 0 saturated carbocycles. The summed E-state index contributed by atoms with van der Waals surface area (Å²) in [6.07, 6.45) is -0.0880. The van der Waals surface area contributed by atoms with Crippen LogP contribution in [0.15, 0.2) is 36.7 Å². The highest BCUT2D eigenvalue weighted by atomic mass is 16.5. The summed E-state index contributed by atoms with van der Waals surface area (Å²) in [4.78, 5) is 1.94. The van der Waals surface area contributed by atoms with E-state index in [0.29, 0.717) is 26.2 Å². The van der Waals surface area contributed by atoms with E-state index in [2.05, 4.69) is 10.2 Å². The zero-order valence-electron chi connectivity index (χ0n) is 16.9. The van der Waals surface area contributed by atoms with Crippen molar-refractivity contribution in [3.05, 3.63) is 47.8 Å². The smallest absolute Gasteiger partial charge is 0.114 e. The summed E-state index contributed by atoms with van der Waals surface area (Å²) in [6, 6.07) is 7.77. The van der Waals surface area contributed by atoms with Gasteiger partial charge in [-0.1, -0.05) is 18.2 Å². The van der Waals surface area contributed by atoms with Gasteiger partial charge < -0.3 is 34.8 Å². The molecule has 1 aliphatic rings. The number of β-amino-alcohol motifs (C(OH)–C–C–N with tert-alkyl or cyclic N) is 1. The van der Waals surface area contributed by atoms with Crippen LogP contribution in [0, 0.1) is 0 Å². The van der Waals surface area contributed by atoms with Crippen LogP contribution < -0.4 is 4.90 Å². The molecule has 0 bridgehead atoms. The molecule has 0 amide bonds. The number of nitrogens with zero attached hydrogens (tertiary/aromatic N) is 2. The molecule has 9 nitrogen and oxygen atoms in total. The van der Waals surface area contributed by atoms with E-state index in [1.165, 1.54) is 0 Å². The Morgan fingerprint density at radius 2 is 2.00 bits per heavy atom. The Kier molecular flexibility index (Phi) is 8.61. The van der Waals surface area contributed by atoms with Crippen molar-refractivity contribution in [1.29, 1.82) is 0 Å². The van der Waals surface area contributed by atoms with Crippen LogP contribution in [-0.4, -0.2) is 81.4 Å². The quantitative estimate of drug-likeness (QED) is 0.473. The fraction of sp³-hybridized carbons (Fsp3) is 0.571. The van der Waals surface area contributed by atoms with Crippen LogP contribution in [0.5, 0.6) is 0 Å². The van der Waals surface area contributed by atoms with Crippen molar-refractivity contribution < 1.29 is 29.9 Å². The van der Waals surface area contributed by atoms with E-state index in [1.54, 1.807) is 12.4 Å². The maximum Gasteiger partial charge on any atom is 0.114 e. The highest BCUT2D eigenvalue weighted by Crippen LogP contribution is 2.25. The Morgan fingerprint density at radius 3 is 2.77 bits per heavy atom. The number of aromatic nitrogens is 2. The summed E-state index contributed by atoms with van der Waals surface area (Å²) in [5.74, 6) is 0. The number of hydrogen-bond acceptors (Lipinski definition) is 8. The number of aliphatic hydroxyl groups is 4. The number of rotatable bonds is 4. The monoisotopic (exact) mass is 421 g/mol. The van der Waals surface area contributed by atoms with Gasteiger partial charge in [0.05, 0.1) is 25.5 Å². The minimum atomic E-state index is -1.37. The first-order valence-electron chi connectivity index (χ1n) is 10.2. The van der Waals surface area contributed by atoms with Crippen molar-refractivity contribution >= 4 is 5.69 Å².